The van der Waals surface area contributed by atoms with Crippen LogP contribution in [0.3, 0.4) is 0 Å². The number of halogens is 1. The Morgan fingerprint density at radius 2 is 1.93 bits per heavy atom. The molecule has 5 nitrogen and oxygen atoms in total. The van der Waals surface area contributed by atoms with E-state index in [0.717, 1.165) is 23.3 Å². The van der Waals surface area contributed by atoms with Gasteiger partial charge in [-0.05, 0) is 55.9 Å². The van der Waals surface area contributed by atoms with Crippen LogP contribution in [-0.4, -0.2) is 37.3 Å². The number of aliphatic hydroxyl groups is 1. The normalized spacial score (nSPS) is 13.2. The molecular weight excluding hydrogens is 410 g/mol. The highest BCUT2D eigenvalue weighted by Gasteiger charge is 2.23. The molecule has 29 heavy (non-hydrogen) atoms. The van der Waals surface area contributed by atoms with Gasteiger partial charge in [-0.15, -0.1) is 11.3 Å². The van der Waals surface area contributed by atoms with Crippen molar-refractivity contribution in [1.82, 2.24) is 0 Å². The molecular formula is C22H30ClNO4S. The minimum Gasteiger partial charge on any atom is -0.493 e. The number of thiophene rings is 1. The second kappa shape index (κ2) is 11.0. The summed E-state index contributed by atoms with van der Waals surface area (Å²) in [5.41, 5.74) is 6.65. The molecule has 1 atom stereocenters. The predicted octanol–water partition coefficient (Wildman–Crippen LogP) is 4.66. The maximum Gasteiger partial charge on any atom is 0.172 e. The first-order chi connectivity index (χ1) is 13.9. The van der Waals surface area contributed by atoms with Crippen LogP contribution in [-0.2, 0) is 12.8 Å². The first-order valence-electron chi connectivity index (χ1n) is 9.77. The molecule has 1 heterocycles. The van der Waals surface area contributed by atoms with Crippen LogP contribution in [0.1, 0.15) is 52.7 Å². The molecule has 1 aromatic heterocycles. The summed E-state index contributed by atoms with van der Waals surface area (Å²) in [4.78, 5) is 14.2. The number of hydrogen-bond acceptors (Lipinski definition) is 6. The number of Topliss-reactive ketones (excluding diaryl/α,β-unsaturated/α-hetero) is 1. The number of ketones is 1. The Kier molecular flexibility index (Phi) is 8.96. The lowest BCUT2D eigenvalue weighted by Crippen LogP contribution is -2.43. The summed E-state index contributed by atoms with van der Waals surface area (Å²) >= 11 is 7.76. The summed E-state index contributed by atoms with van der Waals surface area (Å²) in [7, 11) is 3.22. The van der Waals surface area contributed by atoms with Crippen molar-refractivity contribution in [2.75, 3.05) is 20.8 Å². The summed E-state index contributed by atoms with van der Waals surface area (Å²) in [5.74, 6) is 1.48. The van der Waals surface area contributed by atoms with E-state index in [9.17, 15) is 9.90 Å². The molecule has 0 aliphatic heterocycles. The van der Waals surface area contributed by atoms with E-state index in [1.54, 1.807) is 20.3 Å². The second-order valence-corrected chi connectivity index (χ2v) is 8.77. The first kappa shape index (κ1) is 23.7. The van der Waals surface area contributed by atoms with Crippen molar-refractivity contribution in [2.24, 2.45) is 5.73 Å². The molecule has 7 heteroatoms. The quantitative estimate of drug-likeness (QED) is 0.470. The number of hydrogen-bond donors (Lipinski definition) is 2. The molecule has 1 unspecified atom stereocenters. The smallest absolute Gasteiger partial charge is 0.172 e. The molecule has 0 spiro atoms. The molecule has 0 bridgehead atoms. The van der Waals surface area contributed by atoms with Gasteiger partial charge in [-0.1, -0.05) is 24.6 Å². The zero-order valence-corrected chi connectivity index (χ0v) is 18.9. The summed E-state index contributed by atoms with van der Waals surface area (Å²) in [6.45, 7) is 1.90. The lowest BCUT2D eigenvalue weighted by molar-refractivity contribution is 0.0984. The number of aliphatic hydroxyl groups excluding tert-OH is 1. The molecule has 0 radical (unpaired) electrons. The van der Waals surface area contributed by atoms with E-state index in [1.165, 1.54) is 11.3 Å². The molecule has 0 saturated carbocycles. The Balaban J connectivity index is 1.91. The molecule has 2 rings (SSSR count). The van der Waals surface area contributed by atoms with Gasteiger partial charge < -0.3 is 20.3 Å². The Hall–Kier alpha value is -1.60. The molecule has 3 N–H and O–H groups in total. The van der Waals surface area contributed by atoms with Gasteiger partial charge >= 0.3 is 0 Å². The maximum absolute atomic E-state index is 12.6. The van der Waals surface area contributed by atoms with Crippen molar-refractivity contribution in [3.63, 3.8) is 0 Å². The summed E-state index contributed by atoms with van der Waals surface area (Å²) in [6, 6.07) is 7.56. The van der Waals surface area contributed by atoms with Crippen LogP contribution in [0.25, 0.3) is 0 Å². The fourth-order valence-corrected chi connectivity index (χ4v) is 4.46. The van der Waals surface area contributed by atoms with E-state index in [4.69, 9.17) is 26.8 Å². The highest BCUT2D eigenvalue weighted by atomic mass is 35.5. The zero-order chi connectivity index (χ0) is 21.4. The minimum atomic E-state index is -0.600. The van der Waals surface area contributed by atoms with Gasteiger partial charge in [-0.25, -0.2) is 0 Å². The molecule has 0 aliphatic rings. The molecule has 1 aromatic carbocycles. The third kappa shape index (κ3) is 6.44. The lowest BCUT2D eigenvalue weighted by Gasteiger charge is -2.25. The fourth-order valence-electron chi connectivity index (χ4n) is 3.06. The Bertz CT molecular complexity index is 817. The highest BCUT2D eigenvalue weighted by molar-refractivity contribution is 7.14. The largest absolute Gasteiger partial charge is 0.493 e. The van der Waals surface area contributed by atoms with Crippen molar-refractivity contribution < 1.29 is 19.4 Å². The van der Waals surface area contributed by atoms with Gasteiger partial charge in [0.15, 0.2) is 17.3 Å². The van der Waals surface area contributed by atoms with Gasteiger partial charge in [-0.2, -0.15) is 0 Å². The minimum absolute atomic E-state index is 0.0611. The second-order valence-electron chi connectivity index (χ2n) is 7.22. The molecule has 0 amide bonds. The van der Waals surface area contributed by atoms with Gasteiger partial charge in [0.1, 0.15) is 0 Å². The van der Waals surface area contributed by atoms with E-state index in [2.05, 4.69) is 0 Å². The van der Waals surface area contributed by atoms with E-state index in [1.807, 2.05) is 25.1 Å². The number of nitrogens with two attached hydrogens (primary N) is 1. The highest BCUT2D eigenvalue weighted by Crippen LogP contribution is 2.31. The topological polar surface area (TPSA) is 81.8 Å². The van der Waals surface area contributed by atoms with E-state index >= 15 is 0 Å². The molecule has 0 saturated heterocycles. The van der Waals surface area contributed by atoms with Crippen LogP contribution in [0.2, 0.25) is 5.02 Å². The predicted molar refractivity (Wildman–Crippen MR) is 119 cm³/mol. The zero-order valence-electron chi connectivity index (χ0n) is 17.3. The van der Waals surface area contributed by atoms with Gasteiger partial charge in [0, 0.05) is 16.8 Å². The van der Waals surface area contributed by atoms with Gasteiger partial charge in [-0.3, -0.25) is 4.79 Å². The summed E-state index contributed by atoms with van der Waals surface area (Å²) in [5, 5.41) is 10.1. The first-order valence-corrected chi connectivity index (χ1v) is 11.0. The Morgan fingerprint density at radius 3 is 2.55 bits per heavy atom. The number of rotatable bonds is 12. The molecule has 0 fully saturated rings. The lowest BCUT2D eigenvalue weighted by atomic mass is 9.92. The number of ether oxygens (including phenoxy) is 2. The van der Waals surface area contributed by atoms with Crippen molar-refractivity contribution in [2.45, 2.75) is 51.0 Å². The van der Waals surface area contributed by atoms with Crippen molar-refractivity contribution in [1.29, 1.82) is 0 Å². The third-order valence-corrected chi connectivity index (χ3v) is 6.90. The number of carbonyl (C=O) groups is 1. The number of methoxy groups -OCH3 is 2. The Morgan fingerprint density at radius 1 is 1.21 bits per heavy atom. The van der Waals surface area contributed by atoms with E-state index < -0.39 is 5.54 Å². The van der Waals surface area contributed by atoms with Crippen molar-refractivity contribution in [3.8, 4) is 11.5 Å². The number of carbonyl (C=O) groups excluding carboxylic acids is 1. The number of benzene rings is 1. The fraction of sp³-hybridized carbons (Fsp3) is 0.500. The van der Waals surface area contributed by atoms with Crippen LogP contribution >= 0.6 is 22.9 Å². The Labute approximate surface area is 181 Å². The monoisotopic (exact) mass is 439 g/mol. The van der Waals surface area contributed by atoms with Gasteiger partial charge in [0.2, 0.25) is 0 Å². The van der Waals surface area contributed by atoms with Gasteiger partial charge in [0.25, 0.3) is 0 Å². The standard InChI is InChI=1S/C22H30ClNO4S/c1-4-22(24,14-25)11-10-20-16(23)13-21(29-20)17(26)7-5-6-15-8-9-18(27-2)19(12-15)28-3/h8-9,12-13,25H,4-7,10-11,14,24H2,1-3H3. The molecule has 160 valence electrons. The molecule has 0 aliphatic carbocycles. The van der Waals surface area contributed by atoms with Gasteiger partial charge in [0.05, 0.1) is 30.7 Å². The van der Waals surface area contributed by atoms with E-state index in [0.29, 0.717) is 47.1 Å². The van der Waals surface area contributed by atoms with Crippen LogP contribution < -0.4 is 15.2 Å². The third-order valence-electron chi connectivity index (χ3n) is 5.22. The maximum atomic E-state index is 12.6. The molecule has 2 aromatic rings. The van der Waals surface area contributed by atoms with E-state index in [-0.39, 0.29) is 12.4 Å². The van der Waals surface area contributed by atoms with Crippen LogP contribution in [0.15, 0.2) is 24.3 Å². The SMILES string of the molecule is CCC(N)(CO)CCc1sc(C(=O)CCCc2ccc(OC)c(OC)c2)cc1Cl. The van der Waals surface area contributed by atoms with Crippen LogP contribution in [0, 0.1) is 0 Å². The van der Waals surface area contributed by atoms with Crippen molar-refractivity contribution in [3.05, 3.63) is 44.6 Å². The van der Waals surface area contributed by atoms with Crippen LogP contribution in [0.5, 0.6) is 11.5 Å². The number of aryl methyl sites for hydroxylation is 2. The summed E-state index contributed by atoms with van der Waals surface area (Å²) in [6.07, 6.45) is 3.96. The van der Waals surface area contributed by atoms with Crippen molar-refractivity contribution >= 4 is 28.7 Å². The average Bonchev–Trinajstić information content (AvgIpc) is 3.12. The summed E-state index contributed by atoms with van der Waals surface area (Å²) < 4.78 is 10.6. The van der Waals surface area contributed by atoms with Crippen LogP contribution in [0.4, 0.5) is 0 Å². The average molecular weight is 440 g/mol.